The van der Waals surface area contributed by atoms with E-state index in [1.54, 1.807) is 21.3 Å². The fourth-order valence-electron chi connectivity index (χ4n) is 2.82. The second-order valence-corrected chi connectivity index (χ2v) is 6.27. The number of carbonyl (C=O) groups is 1. The maximum Gasteiger partial charge on any atom is 0.320 e. The zero-order valence-electron chi connectivity index (χ0n) is 16.4. The average molecular weight is 389 g/mol. The maximum absolute atomic E-state index is 10.9. The lowest BCUT2D eigenvalue weighted by molar-refractivity contribution is -0.138. The molecule has 0 fully saturated rings. The third-order valence-electron chi connectivity index (χ3n) is 4.28. The number of carboxylic acid groups (broad SMARTS) is 1. The van der Waals surface area contributed by atoms with E-state index in [0.29, 0.717) is 31.3 Å². The first kappa shape index (κ1) is 21.7. The van der Waals surface area contributed by atoms with Gasteiger partial charge >= 0.3 is 5.97 Å². The van der Waals surface area contributed by atoms with Crippen molar-refractivity contribution in [3.63, 3.8) is 0 Å². The molecule has 0 bridgehead atoms. The molecule has 28 heavy (non-hydrogen) atoms. The lowest BCUT2D eigenvalue weighted by atomic mass is 9.98. The Kier molecular flexibility index (Phi) is 8.25. The van der Waals surface area contributed by atoms with Gasteiger partial charge in [0.05, 0.1) is 39.6 Å². The molecular formula is C21H27NO6. The molecule has 0 amide bonds. The summed E-state index contributed by atoms with van der Waals surface area (Å²) in [6, 6.07) is 10.4. The maximum atomic E-state index is 10.9. The minimum absolute atomic E-state index is 0.266. The van der Waals surface area contributed by atoms with Crippen LogP contribution in [0, 0.1) is 0 Å². The summed E-state index contributed by atoms with van der Waals surface area (Å²) < 4.78 is 21.7. The summed E-state index contributed by atoms with van der Waals surface area (Å²) in [5.41, 5.74) is 9.10. The molecule has 2 aromatic carbocycles. The predicted molar refractivity (Wildman–Crippen MR) is 106 cm³/mol. The molecule has 7 heteroatoms. The fraction of sp³-hybridized carbons (Fsp3) is 0.381. The molecule has 0 saturated heterocycles. The van der Waals surface area contributed by atoms with Gasteiger partial charge in [-0.3, -0.25) is 4.79 Å². The molecule has 0 radical (unpaired) electrons. The van der Waals surface area contributed by atoms with E-state index < -0.39 is 12.0 Å². The first-order valence-electron chi connectivity index (χ1n) is 8.89. The number of nitrogens with two attached hydrogens (primary N) is 1. The Morgan fingerprint density at radius 2 is 1.61 bits per heavy atom. The summed E-state index contributed by atoms with van der Waals surface area (Å²) in [6.45, 7) is 1.45. The standard InChI is InChI=1S/C21H27NO6/c1-25-8-9-28-13-15-11-18(26-2)20(19(12-15)27-3)16-6-4-14(5-7-16)10-17(22)21(23)24/h4-7,11-12,17H,8-10,13,22H2,1-3H3,(H,23,24)/t17-/m0/s1. The zero-order chi connectivity index (χ0) is 20.5. The van der Waals surface area contributed by atoms with Crippen LogP contribution in [0.15, 0.2) is 36.4 Å². The van der Waals surface area contributed by atoms with Crippen LogP contribution < -0.4 is 15.2 Å². The van der Waals surface area contributed by atoms with E-state index in [9.17, 15) is 4.79 Å². The van der Waals surface area contributed by atoms with Gasteiger partial charge in [0.15, 0.2) is 0 Å². The Bertz CT molecular complexity index is 750. The average Bonchev–Trinajstić information content (AvgIpc) is 2.71. The third-order valence-corrected chi connectivity index (χ3v) is 4.28. The number of hydrogen-bond donors (Lipinski definition) is 2. The Morgan fingerprint density at radius 3 is 2.11 bits per heavy atom. The smallest absolute Gasteiger partial charge is 0.320 e. The molecule has 0 spiro atoms. The van der Waals surface area contributed by atoms with Gasteiger partial charge in [0.2, 0.25) is 0 Å². The van der Waals surface area contributed by atoms with Crippen LogP contribution in [0.1, 0.15) is 11.1 Å². The summed E-state index contributed by atoms with van der Waals surface area (Å²) in [6.07, 6.45) is 0.266. The van der Waals surface area contributed by atoms with Gasteiger partial charge in [-0.2, -0.15) is 0 Å². The summed E-state index contributed by atoms with van der Waals surface area (Å²) in [4.78, 5) is 10.9. The lowest BCUT2D eigenvalue weighted by Gasteiger charge is -2.16. The van der Waals surface area contributed by atoms with E-state index in [4.69, 9.17) is 29.8 Å². The van der Waals surface area contributed by atoms with E-state index >= 15 is 0 Å². The first-order valence-corrected chi connectivity index (χ1v) is 8.89. The van der Waals surface area contributed by atoms with Gasteiger partial charge in [-0.25, -0.2) is 0 Å². The second-order valence-electron chi connectivity index (χ2n) is 6.27. The molecule has 3 N–H and O–H groups in total. The second kappa shape index (κ2) is 10.7. The van der Waals surface area contributed by atoms with Crippen molar-refractivity contribution in [3.8, 4) is 22.6 Å². The molecule has 0 heterocycles. The van der Waals surface area contributed by atoms with E-state index in [-0.39, 0.29) is 6.42 Å². The summed E-state index contributed by atoms with van der Waals surface area (Å²) in [5, 5.41) is 8.95. The van der Waals surface area contributed by atoms with Gasteiger partial charge in [0.25, 0.3) is 0 Å². The number of carboxylic acids is 1. The molecular weight excluding hydrogens is 362 g/mol. The number of ether oxygens (including phenoxy) is 4. The number of rotatable bonds is 11. The van der Waals surface area contributed by atoms with Crippen LogP contribution in [-0.4, -0.2) is 51.7 Å². The van der Waals surface area contributed by atoms with Crippen LogP contribution in [0.5, 0.6) is 11.5 Å². The van der Waals surface area contributed by atoms with Gasteiger partial charge in [-0.05, 0) is 35.2 Å². The molecule has 0 aliphatic carbocycles. The van der Waals surface area contributed by atoms with Crippen LogP contribution in [0.3, 0.4) is 0 Å². The monoisotopic (exact) mass is 389 g/mol. The van der Waals surface area contributed by atoms with Crippen LogP contribution in [0.4, 0.5) is 0 Å². The fourth-order valence-corrected chi connectivity index (χ4v) is 2.82. The van der Waals surface area contributed by atoms with Crippen molar-refractivity contribution < 1.29 is 28.8 Å². The largest absolute Gasteiger partial charge is 0.496 e. The SMILES string of the molecule is COCCOCc1cc(OC)c(-c2ccc(C[C@H](N)C(=O)O)cc2)c(OC)c1. The van der Waals surface area contributed by atoms with Gasteiger partial charge in [0, 0.05) is 7.11 Å². The summed E-state index contributed by atoms with van der Waals surface area (Å²) in [7, 11) is 4.84. The van der Waals surface area contributed by atoms with Gasteiger partial charge in [-0.1, -0.05) is 24.3 Å². The molecule has 7 nitrogen and oxygen atoms in total. The predicted octanol–water partition coefficient (Wildman–Crippen LogP) is 2.49. The van der Waals surface area contributed by atoms with Crippen molar-refractivity contribution in [1.29, 1.82) is 0 Å². The van der Waals surface area contributed by atoms with Crippen LogP contribution in [0.2, 0.25) is 0 Å². The minimum Gasteiger partial charge on any atom is -0.496 e. The Morgan fingerprint density at radius 1 is 1.00 bits per heavy atom. The molecule has 152 valence electrons. The highest BCUT2D eigenvalue weighted by molar-refractivity contribution is 5.78. The molecule has 0 aliphatic rings. The zero-order valence-corrected chi connectivity index (χ0v) is 16.4. The highest BCUT2D eigenvalue weighted by Crippen LogP contribution is 2.39. The van der Waals surface area contributed by atoms with E-state index in [2.05, 4.69) is 0 Å². The van der Waals surface area contributed by atoms with Gasteiger partial charge < -0.3 is 29.8 Å². The van der Waals surface area contributed by atoms with E-state index in [1.165, 1.54) is 0 Å². The Hall–Kier alpha value is -2.61. The van der Waals surface area contributed by atoms with Crippen LogP contribution >= 0.6 is 0 Å². The van der Waals surface area contributed by atoms with E-state index in [1.807, 2.05) is 36.4 Å². The molecule has 2 rings (SSSR count). The van der Waals surface area contributed by atoms with Crippen molar-refractivity contribution in [2.24, 2.45) is 5.73 Å². The van der Waals surface area contributed by atoms with Crippen LogP contribution in [0.25, 0.3) is 11.1 Å². The highest BCUT2D eigenvalue weighted by Gasteiger charge is 2.16. The molecule has 0 saturated carbocycles. The highest BCUT2D eigenvalue weighted by atomic mass is 16.5. The minimum atomic E-state index is -1.02. The van der Waals surface area contributed by atoms with Gasteiger partial charge in [-0.15, -0.1) is 0 Å². The van der Waals surface area contributed by atoms with Crippen molar-refractivity contribution in [2.45, 2.75) is 19.1 Å². The van der Waals surface area contributed by atoms with Crippen molar-refractivity contribution >= 4 is 5.97 Å². The van der Waals surface area contributed by atoms with E-state index in [0.717, 1.165) is 22.3 Å². The number of benzene rings is 2. The number of methoxy groups -OCH3 is 3. The Balaban J connectivity index is 2.27. The topological polar surface area (TPSA) is 100 Å². The van der Waals surface area contributed by atoms with Gasteiger partial charge in [0.1, 0.15) is 17.5 Å². The molecule has 1 atom stereocenters. The third kappa shape index (κ3) is 5.69. The van der Waals surface area contributed by atoms with Crippen LogP contribution in [-0.2, 0) is 27.3 Å². The van der Waals surface area contributed by atoms with Crippen molar-refractivity contribution in [3.05, 3.63) is 47.5 Å². The lowest BCUT2D eigenvalue weighted by Crippen LogP contribution is -2.32. The quantitative estimate of drug-likeness (QED) is 0.570. The summed E-state index contributed by atoms with van der Waals surface area (Å²) >= 11 is 0. The molecule has 2 aromatic rings. The molecule has 0 aromatic heterocycles. The normalized spacial score (nSPS) is 11.9. The van der Waals surface area contributed by atoms with Crippen molar-refractivity contribution in [1.82, 2.24) is 0 Å². The molecule has 0 unspecified atom stereocenters. The summed E-state index contributed by atoms with van der Waals surface area (Å²) in [5.74, 6) is 0.315. The number of aliphatic carboxylic acids is 1. The Labute approximate surface area is 165 Å². The first-order chi connectivity index (χ1) is 13.5. The van der Waals surface area contributed by atoms with Crippen molar-refractivity contribution in [2.75, 3.05) is 34.5 Å². The number of hydrogen-bond acceptors (Lipinski definition) is 6. The molecule has 0 aliphatic heterocycles.